The molecule has 1 atom stereocenters. The molecule has 3 rings (SSSR count). The maximum Gasteiger partial charge on any atom is 0.248 e. The zero-order valence-corrected chi connectivity index (χ0v) is 13.1. The first-order valence-electron chi connectivity index (χ1n) is 6.03. The summed E-state index contributed by atoms with van der Waals surface area (Å²) in [6.07, 6.45) is 1.76. The number of fused-ring (bicyclic) bond motifs is 1. The van der Waals surface area contributed by atoms with E-state index in [4.69, 9.17) is 5.73 Å². The summed E-state index contributed by atoms with van der Waals surface area (Å²) in [7, 11) is 1.75. The van der Waals surface area contributed by atoms with Gasteiger partial charge in [-0.2, -0.15) is 0 Å². The van der Waals surface area contributed by atoms with E-state index in [1.54, 1.807) is 29.9 Å². The van der Waals surface area contributed by atoms with Gasteiger partial charge in [0.25, 0.3) is 0 Å². The fourth-order valence-electron chi connectivity index (χ4n) is 2.16. The van der Waals surface area contributed by atoms with E-state index in [0.29, 0.717) is 0 Å². The molecular weight excluding hydrogens is 338 g/mol. The summed E-state index contributed by atoms with van der Waals surface area (Å²) < 4.78 is 0.951. The maximum atomic E-state index is 11.9. The fourth-order valence-corrected chi connectivity index (χ4v) is 3.47. The van der Waals surface area contributed by atoms with Gasteiger partial charge in [0.2, 0.25) is 5.91 Å². The summed E-state index contributed by atoms with van der Waals surface area (Å²) in [4.78, 5) is 18.8. The lowest BCUT2D eigenvalue weighted by molar-refractivity contribution is -0.118. The first-order chi connectivity index (χ1) is 9.58. The van der Waals surface area contributed by atoms with Crippen LogP contribution < -0.4 is 10.6 Å². The van der Waals surface area contributed by atoms with Gasteiger partial charge in [-0.1, -0.05) is 17.8 Å². The average Bonchev–Trinajstić information content (AvgIpc) is 2.66. The average molecular weight is 350 g/mol. The lowest BCUT2D eigenvalue weighted by Gasteiger charge is -2.11. The molecule has 0 aliphatic carbocycles. The molecular formula is C14H12BrN3OS. The van der Waals surface area contributed by atoms with E-state index in [1.807, 2.05) is 30.3 Å². The molecule has 1 unspecified atom stereocenters. The number of hydrogen-bond donors (Lipinski definition) is 1. The zero-order chi connectivity index (χ0) is 14.3. The van der Waals surface area contributed by atoms with Crippen molar-refractivity contribution in [3.8, 4) is 0 Å². The van der Waals surface area contributed by atoms with Crippen LogP contribution in [0.1, 0.15) is 11.6 Å². The van der Waals surface area contributed by atoms with Crippen molar-refractivity contribution in [2.45, 2.75) is 16.0 Å². The minimum Gasteiger partial charge on any atom is -0.316 e. The Labute approximate surface area is 129 Å². The number of amides is 1. The van der Waals surface area contributed by atoms with Crippen LogP contribution >= 0.6 is 27.7 Å². The molecule has 4 nitrogen and oxygen atoms in total. The van der Waals surface area contributed by atoms with Crippen LogP contribution in [0, 0.1) is 0 Å². The van der Waals surface area contributed by atoms with Crippen molar-refractivity contribution in [1.29, 1.82) is 0 Å². The third kappa shape index (κ3) is 2.24. The molecule has 0 saturated carbocycles. The summed E-state index contributed by atoms with van der Waals surface area (Å²) >= 11 is 5.03. The Morgan fingerprint density at radius 1 is 1.40 bits per heavy atom. The first-order valence-corrected chi connectivity index (χ1v) is 7.64. The van der Waals surface area contributed by atoms with E-state index in [0.717, 1.165) is 25.6 Å². The number of halogens is 1. The highest BCUT2D eigenvalue weighted by Crippen LogP contribution is 2.39. The van der Waals surface area contributed by atoms with E-state index in [9.17, 15) is 4.79 Å². The van der Waals surface area contributed by atoms with Crippen LogP contribution in [0.4, 0.5) is 5.69 Å². The third-order valence-corrected chi connectivity index (χ3v) is 5.14. The number of nitrogens with zero attached hydrogens (tertiary/aromatic N) is 2. The molecule has 1 amide bonds. The van der Waals surface area contributed by atoms with Crippen molar-refractivity contribution in [2.75, 3.05) is 11.9 Å². The number of likely N-dealkylation sites (N-methyl/N-ethyl adjacent to an activating group) is 1. The van der Waals surface area contributed by atoms with Crippen LogP contribution in [0.15, 0.2) is 50.9 Å². The molecule has 20 heavy (non-hydrogen) atoms. The number of benzene rings is 1. The quantitative estimate of drug-likeness (QED) is 0.905. The number of rotatable bonds is 2. The molecule has 2 aromatic rings. The lowest BCUT2D eigenvalue weighted by Crippen LogP contribution is -2.27. The molecule has 1 aromatic carbocycles. The molecule has 1 aliphatic heterocycles. The summed E-state index contributed by atoms with van der Waals surface area (Å²) in [5.74, 6) is -0.0684. The number of carbonyl (C=O) groups is 1. The Kier molecular flexibility index (Phi) is 3.54. The van der Waals surface area contributed by atoms with Gasteiger partial charge < -0.3 is 10.6 Å². The van der Waals surface area contributed by atoms with E-state index < -0.39 is 6.04 Å². The fraction of sp³-hybridized carbons (Fsp3) is 0.143. The zero-order valence-electron chi connectivity index (χ0n) is 10.7. The van der Waals surface area contributed by atoms with Gasteiger partial charge in [0.1, 0.15) is 11.1 Å². The van der Waals surface area contributed by atoms with E-state index >= 15 is 0 Å². The molecule has 0 fully saturated rings. The molecule has 2 N–H and O–H groups in total. The Morgan fingerprint density at radius 3 is 2.95 bits per heavy atom. The van der Waals surface area contributed by atoms with E-state index in [2.05, 4.69) is 20.9 Å². The molecule has 1 aromatic heterocycles. The minimum atomic E-state index is -0.546. The van der Waals surface area contributed by atoms with Gasteiger partial charge >= 0.3 is 0 Å². The van der Waals surface area contributed by atoms with Gasteiger partial charge in [0.15, 0.2) is 0 Å². The maximum absolute atomic E-state index is 11.9. The normalized spacial score (nSPS) is 17.4. The van der Waals surface area contributed by atoms with Crippen LogP contribution in [-0.4, -0.2) is 17.9 Å². The standard InChI is InChI=1S/C14H12BrN3OS/c1-18-11-7-8(4-5-9(11)12(16)14(18)19)20-13-10(15)3-2-6-17-13/h2-7,12H,16H2,1H3. The Bertz CT molecular complexity index is 692. The van der Waals surface area contributed by atoms with Crippen molar-refractivity contribution < 1.29 is 4.79 Å². The summed E-state index contributed by atoms with van der Waals surface area (Å²) in [5.41, 5.74) is 7.64. The predicted molar refractivity (Wildman–Crippen MR) is 82.8 cm³/mol. The molecule has 6 heteroatoms. The Balaban J connectivity index is 1.95. The van der Waals surface area contributed by atoms with Crippen molar-refractivity contribution in [3.63, 3.8) is 0 Å². The van der Waals surface area contributed by atoms with Crippen molar-refractivity contribution in [1.82, 2.24) is 4.98 Å². The highest BCUT2D eigenvalue weighted by atomic mass is 79.9. The molecule has 0 spiro atoms. The van der Waals surface area contributed by atoms with Gasteiger partial charge in [-0.25, -0.2) is 4.98 Å². The second kappa shape index (κ2) is 5.20. The van der Waals surface area contributed by atoms with Crippen molar-refractivity contribution >= 4 is 39.3 Å². The number of carbonyl (C=O) groups excluding carboxylic acids is 1. The monoisotopic (exact) mass is 349 g/mol. The van der Waals surface area contributed by atoms with Gasteiger partial charge in [-0.15, -0.1) is 0 Å². The smallest absolute Gasteiger partial charge is 0.248 e. The number of nitrogens with two attached hydrogens (primary N) is 1. The lowest BCUT2D eigenvalue weighted by atomic mass is 10.1. The summed E-state index contributed by atoms with van der Waals surface area (Å²) in [6, 6.07) is 9.15. The number of aromatic nitrogens is 1. The third-order valence-electron chi connectivity index (χ3n) is 3.23. The van der Waals surface area contributed by atoms with Crippen LogP contribution in [0.5, 0.6) is 0 Å². The van der Waals surface area contributed by atoms with E-state index in [1.165, 1.54) is 0 Å². The van der Waals surface area contributed by atoms with Crippen LogP contribution in [0.2, 0.25) is 0 Å². The number of hydrogen-bond acceptors (Lipinski definition) is 4. The highest BCUT2D eigenvalue weighted by molar-refractivity contribution is 9.10. The second-order valence-corrected chi connectivity index (χ2v) is 6.40. The molecule has 0 radical (unpaired) electrons. The number of pyridine rings is 1. The van der Waals surface area contributed by atoms with Gasteiger partial charge in [-0.05, 0) is 40.2 Å². The molecule has 0 saturated heterocycles. The minimum absolute atomic E-state index is 0.0684. The number of anilines is 1. The predicted octanol–water partition coefficient (Wildman–Crippen LogP) is 2.97. The van der Waals surface area contributed by atoms with Crippen LogP contribution in [-0.2, 0) is 4.79 Å². The molecule has 2 heterocycles. The van der Waals surface area contributed by atoms with Crippen molar-refractivity contribution in [3.05, 3.63) is 46.6 Å². The van der Waals surface area contributed by atoms with Gasteiger partial charge in [0.05, 0.1) is 4.47 Å². The summed E-state index contributed by atoms with van der Waals surface area (Å²) in [5, 5.41) is 0.892. The largest absolute Gasteiger partial charge is 0.316 e. The molecule has 0 bridgehead atoms. The molecule has 102 valence electrons. The van der Waals surface area contributed by atoms with Crippen molar-refractivity contribution in [2.24, 2.45) is 5.73 Å². The van der Waals surface area contributed by atoms with Gasteiger partial charge in [0, 0.05) is 29.4 Å². The highest BCUT2D eigenvalue weighted by Gasteiger charge is 2.32. The Morgan fingerprint density at radius 2 is 2.20 bits per heavy atom. The SMILES string of the molecule is CN1C(=O)C(N)c2ccc(Sc3ncccc3Br)cc21. The summed E-state index contributed by atoms with van der Waals surface area (Å²) in [6.45, 7) is 0. The van der Waals surface area contributed by atoms with E-state index in [-0.39, 0.29) is 5.91 Å². The second-order valence-electron chi connectivity index (χ2n) is 4.49. The molecule has 1 aliphatic rings. The van der Waals surface area contributed by atoms with Crippen LogP contribution in [0.25, 0.3) is 0 Å². The van der Waals surface area contributed by atoms with Gasteiger partial charge in [-0.3, -0.25) is 4.79 Å². The first kappa shape index (κ1) is 13.6. The topological polar surface area (TPSA) is 59.2 Å². The van der Waals surface area contributed by atoms with Crippen LogP contribution in [0.3, 0.4) is 0 Å². The Hall–Kier alpha value is -1.37.